The number of rotatable bonds is 4. The number of hydrogen-bond donors (Lipinski definition) is 3. The average Bonchev–Trinajstić information content (AvgIpc) is 3.20. The number of hydrogen-bond acceptors (Lipinski definition) is 7. The highest BCUT2D eigenvalue weighted by atomic mass is 35.5. The third-order valence-corrected chi connectivity index (χ3v) is 5.73. The second-order valence-electron chi connectivity index (χ2n) is 8.08. The van der Waals surface area contributed by atoms with Crippen LogP contribution in [-0.4, -0.2) is 61.8 Å². The van der Waals surface area contributed by atoms with Crippen LogP contribution in [0.3, 0.4) is 0 Å². The molecule has 1 aliphatic heterocycles. The lowest BCUT2D eigenvalue weighted by atomic mass is 10.0. The smallest absolute Gasteiger partial charge is 0.320 e. The van der Waals surface area contributed by atoms with Gasteiger partial charge in [0.1, 0.15) is 17.1 Å². The topological polar surface area (TPSA) is 127 Å². The largest absolute Gasteiger partial charge is 0.381 e. The van der Waals surface area contributed by atoms with E-state index in [1.54, 1.807) is 16.9 Å². The number of carbonyl (C=O) groups excluding carboxylic acids is 1. The van der Waals surface area contributed by atoms with Crippen molar-refractivity contribution in [3.05, 3.63) is 47.7 Å². The van der Waals surface area contributed by atoms with E-state index in [4.69, 9.17) is 17.3 Å². The summed E-state index contributed by atoms with van der Waals surface area (Å²) in [7, 11) is 3.81. The fourth-order valence-corrected chi connectivity index (χ4v) is 4.14. The quantitative estimate of drug-likeness (QED) is 0.424. The zero-order valence-corrected chi connectivity index (χ0v) is 18.8. The van der Waals surface area contributed by atoms with Crippen molar-refractivity contribution in [1.29, 1.82) is 0 Å². The number of benzene rings is 1. The first kappa shape index (κ1) is 21.1. The first-order valence-electron chi connectivity index (χ1n) is 10.4. The molecule has 10 nitrogen and oxygen atoms in total. The van der Waals surface area contributed by atoms with Crippen LogP contribution in [0.2, 0.25) is 5.02 Å². The number of anilines is 2. The van der Waals surface area contributed by atoms with E-state index in [1.165, 1.54) is 0 Å². The Balaban J connectivity index is 1.58. The Bertz CT molecular complexity index is 1360. The number of urea groups is 1. The number of nitrogens with zero attached hydrogens (tertiary/aromatic N) is 6. The molecule has 0 aliphatic carbocycles. The van der Waals surface area contributed by atoms with Gasteiger partial charge in [0.15, 0.2) is 11.6 Å². The molecule has 5 rings (SSSR count). The van der Waals surface area contributed by atoms with Crippen molar-refractivity contribution in [1.82, 2.24) is 34.9 Å². The lowest BCUT2D eigenvalue weighted by molar-refractivity contribution is 0.165. The van der Waals surface area contributed by atoms with Gasteiger partial charge >= 0.3 is 6.03 Å². The summed E-state index contributed by atoms with van der Waals surface area (Å²) >= 11 is 6.52. The van der Waals surface area contributed by atoms with Gasteiger partial charge in [-0.15, -0.1) is 0 Å². The molecule has 1 saturated heterocycles. The van der Waals surface area contributed by atoms with E-state index >= 15 is 0 Å². The Morgan fingerprint density at radius 1 is 1.18 bits per heavy atom. The first-order chi connectivity index (χ1) is 15.9. The summed E-state index contributed by atoms with van der Waals surface area (Å²) in [6.07, 6.45) is 3.50. The van der Waals surface area contributed by atoms with E-state index in [9.17, 15) is 4.79 Å². The fraction of sp³-hybridized carbons (Fsp3) is 0.227. The van der Waals surface area contributed by atoms with Crippen molar-refractivity contribution in [2.45, 2.75) is 6.04 Å². The number of likely N-dealkylation sites (tertiary alicyclic amines) is 1. The number of amides is 2. The molecule has 1 fully saturated rings. The second kappa shape index (κ2) is 8.30. The molecular weight excluding hydrogens is 442 g/mol. The minimum Gasteiger partial charge on any atom is -0.381 e. The highest BCUT2D eigenvalue weighted by Gasteiger charge is 2.25. The highest BCUT2D eigenvalue weighted by molar-refractivity contribution is 6.35. The Kier molecular flexibility index (Phi) is 5.31. The van der Waals surface area contributed by atoms with Crippen LogP contribution in [-0.2, 0) is 7.05 Å². The standard InChI is InChI=1S/C22H22ClN9O/c1-31-10-14(11-31)26-22(33)29-21-20(24)27-19(16-5-7-32(2)30-16)18(28-21)13-8-12-4-3-6-25-17(12)15(23)9-13/h3-9,14H,10-11H2,1-2H3,(H2,24,27)(H2,26,28,29,33). The zero-order chi connectivity index (χ0) is 23.1. The van der Waals surface area contributed by atoms with Crippen molar-refractivity contribution < 1.29 is 4.79 Å². The van der Waals surface area contributed by atoms with Gasteiger partial charge in [0.05, 0.1) is 16.6 Å². The normalized spacial score (nSPS) is 14.3. The van der Waals surface area contributed by atoms with E-state index in [2.05, 4.69) is 35.6 Å². The van der Waals surface area contributed by atoms with E-state index < -0.39 is 0 Å². The minimum atomic E-state index is -0.383. The number of nitrogens with two attached hydrogens (primary N) is 1. The van der Waals surface area contributed by atoms with Crippen LogP contribution in [0.4, 0.5) is 16.4 Å². The SMILES string of the molecule is CN1CC(NC(=O)Nc2nc(-c3cc(Cl)c4ncccc4c3)c(-c3ccn(C)n3)nc2N)C1. The fourth-order valence-electron chi connectivity index (χ4n) is 3.87. The maximum absolute atomic E-state index is 12.5. The Labute approximate surface area is 194 Å². The first-order valence-corrected chi connectivity index (χ1v) is 10.7. The van der Waals surface area contributed by atoms with E-state index in [-0.39, 0.29) is 23.7 Å². The molecule has 4 heterocycles. The van der Waals surface area contributed by atoms with Crippen molar-refractivity contribution in [2.24, 2.45) is 7.05 Å². The minimum absolute atomic E-state index is 0.0863. The summed E-state index contributed by atoms with van der Waals surface area (Å²) in [6, 6.07) is 8.99. The molecule has 0 atom stereocenters. The summed E-state index contributed by atoms with van der Waals surface area (Å²) in [6.45, 7) is 1.59. The van der Waals surface area contributed by atoms with Crippen LogP contribution >= 0.6 is 11.6 Å². The number of aromatic nitrogens is 5. The van der Waals surface area contributed by atoms with Gasteiger partial charge in [-0.2, -0.15) is 5.10 Å². The number of aryl methyl sites for hydroxylation is 1. The molecule has 4 N–H and O–H groups in total. The average molecular weight is 464 g/mol. The van der Waals surface area contributed by atoms with Gasteiger partial charge in [-0.1, -0.05) is 17.7 Å². The van der Waals surface area contributed by atoms with Crippen LogP contribution in [0.5, 0.6) is 0 Å². The van der Waals surface area contributed by atoms with Crippen molar-refractivity contribution in [2.75, 3.05) is 31.2 Å². The van der Waals surface area contributed by atoms with Crippen molar-refractivity contribution in [3.63, 3.8) is 0 Å². The lowest BCUT2D eigenvalue weighted by Gasteiger charge is -2.36. The summed E-state index contributed by atoms with van der Waals surface area (Å²) in [5.74, 6) is 0.256. The number of halogens is 1. The highest BCUT2D eigenvalue weighted by Crippen LogP contribution is 2.35. The molecule has 0 bridgehead atoms. The van der Waals surface area contributed by atoms with Crippen molar-refractivity contribution >= 4 is 40.2 Å². The molecule has 0 saturated carbocycles. The van der Waals surface area contributed by atoms with E-state index in [1.807, 2.05) is 44.6 Å². The number of fused-ring (bicyclic) bond motifs is 1. The Morgan fingerprint density at radius 3 is 2.73 bits per heavy atom. The molecule has 1 aliphatic rings. The molecule has 33 heavy (non-hydrogen) atoms. The third-order valence-electron chi connectivity index (χ3n) is 5.44. The molecule has 11 heteroatoms. The predicted molar refractivity (Wildman–Crippen MR) is 128 cm³/mol. The molecule has 0 radical (unpaired) electrons. The molecule has 0 unspecified atom stereocenters. The Morgan fingerprint density at radius 2 is 2.00 bits per heavy atom. The summed E-state index contributed by atoms with van der Waals surface area (Å²) in [5.41, 5.74) is 9.16. The molecule has 4 aromatic rings. The van der Waals surface area contributed by atoms with Crippen LogP contribution in [0.25, 0.3) is 33.5 Å². The molecule has 0 spiro atoms. The number of pyridine rings is 1. The van der Waals surface area contributed by atoms with E-state index in [0.29, 0.717) is 33.2 Å². The number of likely N-dealkylation sites (N-methyl/N-ethyl adjacent to an activating group) is 1. The maximum Gasteiger partial charge on any atom is 0.320 e. The van der Waals surface area contributed by atoms with Gasteiger partial charge in [-0.05, 0) is 31.3 Å². The van der Waals surface area contributed by atoms with Crippen LogP contribution in [0, 0.1) is 0 Å². The third kappa shape index (κ3) is 4.18. The predicted octanol–water partition coefficient (Wildman–Crippen LogP) is 2.76. The summed E-state index contributed by atoms with van der Waals surface area (Å²) in [4.78, 5) is 28.2. The van der Waals surface area contributed by atoms with Gasteiger partial charge in [0.2, 0.25) is 0 Å². The van der Waals surface area contributed by atoms with Crippen LogP contribution < -0.4 is 16.4 Å². The van der Waals surface area contributed by atoms with Gasteiger partial charge < -0.3 is 16.0 Å². The van der Waals surface area contributed by atoms with Crippen LogP contribution in [0.15, 0.2) is 42.7 Å². The molecular formula is C22H22ClN9O. The maximum atomic E-state index is 12.5. The zero-order valence-electron chi connectivity index (χ0n) is 18.1. The van der Waals surface area contributed by atoms with E-state index in [0.717, 1.165) is 18.5 Å². The number of nitrogen functional groups attached to an aromatic ring is 1. The molecule has 2 amide bonds. The van der Waals surface area contributed by atoms with Gasteiger partial charge in [0.25, 0.3) is 0 Å². The van der Waals surface area contributed by atoms with Crippen LogP contribution in [0.1, 0.15) is 0 Å². The summed E-state index contributed by atoms with van der Waals surface area (Å²) in [5, 5.41) is 11.4. The lowest BCUT2D eigenvalue weighted by Crippen LogP contribution is -2.58. The van der Waals surface area contributed by atoms with Gasteiger partial charge in [-0.3, -0.25) is 15.0 Å². The monoisotopic (exact) mass is 463 g/mol. The molecule has 168 valence electrons. The summed E-state index contributed by atoms with van der Waals surface area (Å²) < 4.78 is 1.67. The second-order valence-corrected chi connectivity index (χ2v) is 8.49. The van der Waals surface area contributed by atoms with Gasteiger partial charge in [0, 0.05) is 43.5 Å². The number of nitrogens with one attached hydrogen (secondary N) is 2. The van der Waals surface area contributed by atoms with Crippen molar-refractivity contribution in [3.8, 4) is 22.6 Å². The Hall–Kier alpha value is -3.76. The number of carbonyl (C=O) groups is 1. The molecule has 1 aromatic carbocycles. The van der Waals surface area contributed by atoms with Gasteiger partial charge in [-0.25, -0.2) is 14.8 Å². The molecule has 3 aromatic heterocycles.